The molecule has 0 saturated heterocycles. The van der Waals surface area contributed by atoms with E-state index in [9.17, 15) is 9.59 Å². The third-order valence-electron chi connectivity index (χ3n) is 3.99. The molecule has 0 spiro atoms. The van der Waals surface area contributed by atoms with Crippen LogP contribution in [0.1, 0.15) is 27.6 Å². The number of thiophene rings is 1. The van der Waals surface area contributed by atoms with E-state index in [2.05, 4.69) is 21.2 Å². The Morgan fingerprint density at radius 2 is 1.89 bits per heavy atom. The Labute approximate surface area is 175 Å². The van der Waals surface area contributed by atoms with Gasteiger partial charge in [-0.2, -0.15) is 0 Å². The minimum Gasteiger partial charge on any atom is -0.497 e. The molecule has 7 heteroatoms. The minimum atomic E-state index is -0.473. The van der Waals surface area contributed by atoms with Crippen LogP contribution in [0.5, 0.6) is 5.75 Å². The molecule has 28 heavy (non-hydrogen) atoms. The quantitative estimate of drug-likeness (QED) is 0.486. The number of carbonyl (C=O) groups is 2. The number of ether oxygens (including phenoxy) is 2. The van der Waals surface area contributed by atoms with Gasteiger partial charge < -0.3 is 14.8 Å². The highest BCUT2D eigenvalue weighted by atomic mass is 79.9. The van der Waals surface area contributed by atoms with Gasteiger partial charge in [0.05, 0.1) is 13.7 Å². The predicted molar refractivity (Wildman–Crippen MR) is 114 cm³/mol. The van der Waals surface area contributed by atoms with Gasteiger partial charge in [-0.3, -0.25) is 4.79 Å². The molecule has 1 aromatic heterocycles. The lowest BCUT2D eigenvalue weighted by Crippen LogP contribution is -2.14. The number of halogens is 1. The standard InChI is InChI=1S/C21H18BrNO4S/c1-3-27-21(25)18-17(13-7-9-16(26-2)10-8-13)12-28-20(18)23-19(24)14-5-4-6-15(22)11-14/h4-12H,3H2,1-2H3,(H,23,24). The molecule has 0 unspecified atom stereocenters. The normalized spacial score (nSPS) is 10.4. The summed E-state index contributed by atoms with van der Waals surface area (Å²) in [6, 6.07) is 14.4. The number of amides is 1. The SMILES string of the molecule is CCOC(=O)c1c(-c2ccc(OC)cc2)csc1NC(=O)c1cccc(Br)c1. The van der Waals surface area contributed by atoms with Crippen LogP contribution >= 0.6 is 27.3 Å². The zero-order valence-corrected chi connectivity index (χ0v) is 17.7. The number of hydrogen-bond donors (Lipinski definition) is 1. The summed E-state index contributed by atoms with van der Waals surface area (Å²) in [7, 11) is 1.60. The molecule has 0 bridgehead atoms. The second-order valence-corrected chi connectivity index (χ2v) is 7.56. The van der Waals surface area contributed by atoms with Crippen LogP contribution in [0.25, 0.3) is 11.1 Å². The van der Waals surface area contributed by atoms with E-state index in [-0.39, 0.29) is 12.5 Å². The summed E-state index contributed by atoms with van der Waals surface area (Å²) in [5.74, 6) is -0.0473. The summed E-state index contributed by atoms with van der Waals surface area (Å²) < 4.78 is 11.2. The molecular weight excluding hydrogens is 442 g/mol. The van der Waals surface area contributed by atoms with Crippen molar-refractivity contribution in [2.24, 2.45) is 0 Å². The number of carbonyl (C=O) groups excluding carboxylic acids is 2. The fourth-order valence-corrected chi connectivity index (χ4v) is 4.00. The van der Waals surface area contributed by atoms with Crippen LogP contribution in [-0.4, -0.2) is 25.6 Å². The molecule has 0 radical (unpaired) electrons. The summed E-state index contributed by atoms with van der Waals surface area (Å²) in [5.41, 5.74) is 2.38. The predicted octanol–water partition coefficient (Wildman–Crippen LogP) is 5.62. The van der Waals surface area contributed by atoms with E-state index in [1.165, 1.54) is 11.3 Å². The van der Waals surface area contributed by atoms with Crippen LogP contribution in [0.4, 0.5) is 5.00 Å². The lowest BCUT2D eigenvalue weighted by atomic mass is 10.0. The van der Waals surface area contributed by atoms with Gasteiger partial charge in [0.2, 0.25) is 0 Å². The molecule has 0 saturated carbocycles. The van der Waals surface area contributed by atoms with Crippen molar-refractivity contribution in [3.8, 4) is 16.9 Å². The molecule has 1 amide bonds. The van der Waals surface area contributed by atoms with Crippen LogP contribution in [0, 0.1) is 0 Å². The first kappa shape index (κ1) is 20.1. The number of esters is 1. The van der Waals surface area contributed by atoms with Gasteiger partial charge in [-0.15, -0.1) is 11.3 Å². The monoisotopic (exact) mass is 459 g/mol. The van der Waals surface area contributed by atoms with Gasteiger partial charge in [0.15, 0.2) is 0 Å². The van der Waals surface area contributed by atoms with E-state index in [0.29, 0.717) is 21.7 Å². The fraction of sp³-hybridized carbons (Fsp3) is 0.143. The molecule has 3 rings (SSSR count). The van der Waals surface area contributed by atoms with Crippen molar-refractivity contribution in [3.05, 3.63) is 69.5 Å². The summed E-state index contributed by atoms with van der Waals surface area (Å²) in [4.78, 5) is 25.3. The minimum absolute atomic E-state index is 0.246. The lowest BCUT2D eigenvalue weighted by molar-refractivity contribution is 0.0529. The van der Waals surface area contributed by atoms with Crippen molar-refractivity contribution in [2.45, 2.75) is 6.92 Å². The highest BCUT2D eigenvalue weighted by Crippen LogP contribution is 2.37. The first-order valence-electron chi connectivity index (χ1n) is 8.53. The summed E-state index contributed by atoms with van der Waals surface area (Å²) in [6.07, 6.45) is 0. The Balaban J connectivity index is 1.97. The summed E-state index contributed by atoms with van der Waals surface area (Å²) in [5, 5.41) is 5.13. The summed E-state index contributed by atoms with van der Waals surface area (Å²) in [6.45, 7) is 1.99. The molecule has 5 nitrogen and oxygen atoms in total. The topological polar surface area (TPSA) is 64.6 Å². The van der Waals surface area contributed by atoms with Crippen molar-refractivity contribution >= 4 is 44.1 Å². The van der Waals surface area contributed by atoms with Gasteiger partial charge >= 0.3 is 5.97 Å². The van der Waals surface area contributed by atoms with E-state index in [0.717, 1.165) is 15.8 Å². The van der Waals surface area contributed by atoms with E-state index < -0.39 is 5.97 Å². The third kappa shape index (κ3) is 4.43. The van der Waals surface area contributed by atoms with Crippen LogP contribution < -0.4 is 10.1 Å². The van der Waals surface area contributed by atoms with Crippen molar-refractivity contribution < 1.29 is 19.1 Å². The fourth-order valence-electron chi connectivity index (χ4n) is 2.64. The van der Waals surface area contributed by atoms with Crippen molar-refractivity contribution in [1.29, 1.82) is 0 Å². The van der Waals surface area contributed by atoms with E-state index in [1.54, 1.807) is 32.2 Å². The van der Waals surface area contributed by atoms with Gasteiger partial charge in [-0.05, 0) is 42.8 Å². The Kier molecular flexibility index (Phi) is 6.49. The van der Waals surface area contributed by atoms with E-state index in [1.807, 2.05) is 35.7 Å². The second kappa shape index (κ2) is 9.03. The maximum Gasteiger partial charge on any atom is 0.341 e. The zero-order chi connectivity index (χ0) is 20.1. The van der Waals surface area contributed by atoms with Crippen LogP contribution in [0.2, 0.25) is 0 Å². The summed E-state index contributed by atoms with van der Waals surface area (Å²) >= 11 is 4.65. The molecule has 0 fully saturated rings. The average Bonchev–Trinajstić information content (AvgIpc) is 3.11. The van der Waals surface area contributed by atoms with Crippen molar-refractivity contribution in [2.75, 3.05) is 19.0 Å². The van der Waals surface area contributed by atoms with Crippen LogP contribution in [0.3, 0.4) is 0 Å². The average molecular weight is 460 g/mol. The van der Waals surface area contributed by atoms with Crippen molar-refractivity contribution in [1.82, 2.24) is 0 Å². The maximum absolute atomic E-state index is 12.6. The Morgan fingerprint density at radius 3 is 2.54 bits per heavy atom. The van der Waals surface area contributed by atoms with Crippen LogP contribution in [0.15, 0.2) is 58.4 Å². The molecule has 1 heterocycles. The van der Waals surface area contributed by atoms with Crippen LogP contribution in [-0.2, 0) is 4.74 Å². The molecule has 0 aliphatic rings. The van der Waals surface area contributed by atoms with Gasteiger partial charge in [0.1, 0.15) is 16.3 Å². The Hall–Kier alpha value is -2.64. The van der Waals surface area contributed by atoms with E-state index >= 15 is 0 Å². The number of methoxy groups -OCH3 is 1. The van der Waals surface area contributed by atoms with Crippen molar-refractivity contribution in [3.63, 3.8) is 0 Å². The smallest absolute Gasteiger partial charge is 0.341 e. The largest absolute Gasteiger partial charge is 0.497 e. The number of hydrogen-bond acceptors (Lipinski definition) is 5. The number of anilines is 1. The molecule has 2 aromatic carbocycles. The lowest BCUT2D eigenvalue weighted by Gasteiger charge is -2.09. The molecule has 3 aromatic rings. The highest BCUT2D eigenvalue weighted by molar-refractivity contribution is 9.10. The molecular formula is C21H18BrNO4S. The maximum atomic E-state index is 12.6. The molecule has 0 atom stereocenters. The highest BCUT2D eigenvalue weighted by Gasteiger charge is 2.23. The van der Waals surface area contributed by atoms with Gasteiger partial charge in [-0.25, -0.2) is 4.79 Å². The number of nitrogens with one attached hydrogen (secondary N) is 1. The first-order chi connectivity index (χ1) is 13.5. The van der Waals surface area contributed by atoms with Gasteiger partial charge in [-0.1, -0.05) is 34.1 Å². The Morgan fingerprint density at radius 1 is 1.14 bits per heavy atom. The first-order valence-corrected chi connectivity index (χ1v) is 10.2. The Bertz CT molecular complexity index is 998. The van der Waals surface area contributed by atoms with Gasteiger partial charge in [0, 0.05) is 21.0 Å². The number of rotatable bonds is 6. The number of benzene rings is 2. The molecule has 0 aliphatic carbocycles. The second-order valence-electron chi connectivity index (χ2n) is 5.77. The third-order valence-corrected chi connectivity index (χ3v) is 5.37. The zero-order valence-electron chi connectivity index (χ0n) is 15.3. The molecule has 144 valence electrons. The molecule has 1 N–H and O–H groups in total. The van der Waals surface area contributed by atoms with E-state index in [4.69, 9.17) is 9.47 Å². The van der Waals surface area contributed by atoms with Gasteiger partial charge in [0.25, 0.3) is 5.91 Å². The molecule has 0 aliphatic heterocycles.